The van der Waals surface area contributed by atoms with Gasteiger partial charge in [0.05, 0.1) is 17.8 Å². The third kappa shape index (κ3) is 3.00. The molecule has 0 spiro atoms. The lowest BCUT2D eigenvalue weighted by Crippen LogP contribution is -2.48. The summed E-state index contributed by atoms with van der Waals surface area (Å²) in [5, 5.41) is 10.9. The van der Waals surface area contributed by atoms with Gasteiger partial charge in [-0.2, -0.15) is 0 Å². The number of hydrogen-bond acceptors (Lipinski definition) is 4. The lowest BCUT2D eigenvalue weighted by Gasteiger charge is -2.44. The van der Waals surface area contributed by atoms with Gasteiger partial charge in [-0.15, -0.1) is 0 Å². The molecule has 1 saturated carbocycles. The topological polar surface area (TPSA) is 68.4 Å². The summed E-state index contributed by atoms with van der Waals surface area (Å²) in [6, 6.07) is 3.11. The van der Waals surface area contributed by atoms with Crippen molar-refractivity contribution < 1.29 is 4.92 Å². The summed E-state index contributed by atoms with van der Waals surface area (Å²) >= 11 is 0. The molecule has 114 valence electrons. The van der Waals surface area contributed by atoms with Crippen molar-refractivity contribution in [3.8, 4) is 0 Å². The molecule has 21 heavy (non-hydrogen) atoms. The van der Waals surface area contributed by atoms with Crippen molar-refractivity contribution in [2.45, 2.75) is 51.2 Å². The van der Waals surface area contributed by atoms with E-state index < -0.39 is 4.92 Å². The van der Waals surface area contributed by atoms with Crippen LogP contribution < -0.4 is 5.56 Å². The maximum absolute atomic E-state index is 11.9. The van der Waals surface area contributed by atoms with Gasteiger partial charge in [0.25, 0.3) is 11.2 Å². The van der Waals surface area contributed by atoms with Gasteiger partial charge in [-0.1, -0.05) is 12.8 Å². The molecular weight excluding hydrogens is 270 g/mol. The quantitative estimate of drug-likeness (QED) is 0.633. The monoisotopic (exact) mass is 291 g/mol. The lowest BCUT2D eigenvalue weighted by atomic mass is 9.78. The average Bonchev–Trinajstić information content (AvgIpc) is 2.49. The molecule has 1 aliphatic carbocycles. The molecule has 0 unspecified atom stereocenters. The first-order chi connectivity index (χ1) is 10.1. The average molecular weight is 291 g/mol. The molecule has 3 rings (SSSR count). The predicted molar refractivity (Wildman–Crippen MR) is 79.0 cm³/mol. The number of nitrogens with zero attached hydrogens (tertiary/aromatic N) is 3. The van der Waals surface area contributed by atoms with E-state index in [1.54, 1.807) is 0 Å². The van der Waals surface area contributed by atoms with Crippen LogP contribution in [-0.4, -0.2) is 27.0 Å². The molecule has 0 radical (unpaired) electrons. The second-order valence-corrected chi connectivity index (χ2v) is 6.16. The number of hydrogen-bond donors (Lipinski definition) is 0. The Bertz CT molecular complexity index is 582. The molecular formula is C15H21N3O3. The number of likely N-dealkylation sites (tertiary alicyclic amines) is 1. The molecule has 2 heterocycles. The van der Waals surface area contributed by atoms with Gasteiger partial charge >= 0.3 is 0 Å². The van der Waals surface area contributed by atoms with Crippen LogP contribution in [0.15, 0.2) is 23.1 Å². The molecule has 1 aromatic heterocycles. The molecule has 1 aromatic rings. The van der Waals surface area contributed by atoms with Crippen LogP contribution in [0.2, 0.25) is 0 Å². The van der Waals surface area contributed by atoms with Crippen molar-refractivity contribution in [2.75, 3.05) is 6.54 Å². The van der Waals surface area contributed by atoms with Crippen LogP contribution in [0.5, 0.6) is 0 Å². The maximum Gasteiger partial charge on any atom is 0.285 e. The highest BCUT2D eigenvalue weighted by molar-refractivity contribution is 5.24. The van der Waals surface area contributed by atoms with Gasteiger partial charge in [0, 0.05) is 24.7 Å². The fraction of sp³-hybridized carbons (Fsp3) is 0.667. The second kappa shape index (κ2) is 5.97. The standard InChI is InChI=1S/C15H21N3O3/c19-15-8-7-13(18(20)21)10-17(15)11-16-9-3-5-12-4-1-2-6-14(12)16/h7-8,10,12,14H,1-6,9,11H2/t12-,14+/m1/s1. The SMILES string of the molecule is O=c1ccc([N+](=O)[O-])cn1CN1CCC[C@H]2CCCC[C@@H]21. The number of fused-ring (bicyclic) bond motifs is 1. The highest BCUT2D eigenvalue weighted by Gasteiger charge is 2.33. The summed E-state index contributed by atoms with van der Waals surface area (Å²) in [5.41, 5.74) is -0.190. The Balaban J connectivity index is 1.80. The van der Waals surface area contributed by atoms with Crippen LogP contribution >= 0.6 is 0 Å². The van der Waals surface area contributed by atoms with Crippen molar-refractivity contribution >= 4 is 5.69 Å². The van der Waals surface area contributed by atoms with E-state index in [2.05, 4.69) is 4.90 Å². The van der Waals surface area contributed by atoms with Gasteiger partial charge in [0.2, 0.25) is 0 Å². The number of rotatable bonds is 3. The van der Waals surface area contributed by atoms with Gasteiger partial charge in [-0.05, 0) is 31.6 Å². The van der Waals surface area contributed by atoms with E-state index in [9.17, 15) is 14.9 Å². The van der Waals surface area contributed by atoms with E-state index in [4.69, 9.17) is 0 Å². The van der Waals surface area contributed by atoms with Crippen molar-refractivity contribution in [1.82, 2.24) is 9.47 Å². The summed E-state index contributed by atoms with van der Waals surface area (Å²) in [6.45, 7) is 1.46. The molecule has 0 amide bonds. The molecule has 6 nitrogen and oxygen atoms in total. The Morgan fingerprint density at radius 2 is 1.95 bits per heavy atom. The molecule has 1 saturated heterocycles. The van der Waals surface area contributed by atoms with Crippen LogP contribution in [0.1, 0.15) is 38.5 Å². The minimum absolute atomic E-state index is 0.0215. The summed E-state index contributed by atoms with van der Waals surface area (Å²) in [7, 11) is 0. The van der Waals surface area contributed by atoms with E-state index in [0.29, 0.717) is 12.7 Å². The fourth-order valence-corrected chi connectivity index (χ4v) is 3.84. The number of aromatic nitrogens is 1. The van der Waals surface area contributed by atoms with E-state index in [0.717, 1.165) is 18.9 Å². The zero-order valence-corrected chi connectivity index (χ0v) is 12.1. The van der Waals surface area contributed by atoms with Gasteiger partial charge in [0.15, 0.2) is 0 Å². The fourth-order valence-electron chi connectivity index (χ4n) is 3.84. The second-order valence-electron chi connectivity index (χ2n) is 6.16. The minimum atomic E-state index is -0.449. The molecule has 2 atom stereocenters. The molecule has 2 aliphatic rings. The number of piperidine rings is 1. The van der Waals surface area contributed by atoms with E-state index in [-0.39, 0.29) is 11.2 Å². The molecule has 2 fully saturated rings. The van der Waals surface area contributed by atoms with Crippen LogP contribution in [0, 0.1) is 16.0 Å². The third-order valence-corrected chi connectivity index (χ3v) is 4.87. The highest BCUT2D eigenvalue weighted by Crippen LogP contribution is 2.35. The first-order valence-corrected chi connectivity index (χ1v) is 7.74. The molecule has 0 aromatic carbocycles. The van der Waals surface area contributed by atoms with Gasteiger partial charge in [0.1, 0.15) is 0 Å². The van der Waals surface area contributed by atoms with Crippen LogP contribution in [-0.2, 0) is 6.67 Å². The molecule has 0 bridgehead atoms. The Hall–Kier alpha value is -1.69. The van der Waals surface area contributed by atoms with E-state index in [1.807, 2.05) is 0 Å². The summed E-state index contributed by atoms with van der Waals surface area (Å²) in [4.78, 5) is 24.7. The Labute approximate surface area is 123 Å². The minimum Gasteiger partial charge on any atom is -0.295 e. The van der Waals surface area contributed by atoms with E-state index >= 15 is 0 Å². The zero-order chi connectivity index (χ0) is 14.8. The van der Waals surface area contributed by atoms with Crippen molar-refractivity contribution in [3.05, 3.63) is 38.8 Å². The summed E-state index contributed by atoms with van der Waals surface area (Å²) in [5.74, 6) is 0.738. The van der Waals surface area contributed by atoms with Crippen molar-refractivity contribution in [3.63, 3.8) is 0 Å². The lowest BCUT2D eigenvalue weighted by molar-refractivity contribution is -0.385. The molecule has 0 N–H and O–H groups in total. The van der Waals surface area contributed by atoms with Crippen LogP contribution in [0.25, 0.3) is 0 Å². The third-order valence-electron chi connectivity index (χ3n) is 4.87. The largest absolute Gasteiger partial charge is 0.295 e. The Morgan fingerprint density at radius 3 is 2.76 bits per heavy atom. The van der Waals surface area contributed by atoms with Crippen LogP contribution in [0.4, 0.5) is 5.69 Å². The van der Waals surface area contributed by atoms with E-state index in [1.165, 1.54) is 55.0 Å². The molecule has 6 heteroatoms. The number of nitro groups is 1. The zero-order valence-electron chi connectivity index (χ0n) is 12.1. The predicted octanol–water partition coefficient (Wildman–Crippen LogP) is 2.37. The smallest absolute Gasteiger partial charge is 0.285 e. The van der Waals surface area contributed by atoms with Gasteiger partial charge in [-0.25, -0.2) is 0 Å². The first-order valence-electron chi connectivity index (χ1n) is 7.74. The summed E-state index contributed by atoms with van der Waals surface area (Å²) < 4.78 is 1.48. The molecule has 1 aliphatic heterocycles. The van der Waals surface area contributed by atoms with Crippen molar-refractivity contribution in [2.24, 2.45) is 5.92 Å². The van der Waals surface area contributed by atoms with Gasteiger partial charge < -0.3 is 0 Å². The number of pyridine rings is 1. The normalized spacial score (nSPS) is 26.3. The maximum atomic E-state index is 11.9. The van der Waals surface area contributed by atoms with Crippen molar-refractivity contribution in [1.29, 1.82) is 0 Å². The van der Waals surface area contributed by atoms with Crippen LogP contribution in [0.3, 0.4) is 0 Å². The highest BCUT2D eigenvalue weighted by atomic mass is 16.6. The Morgan fingerprint density at radius 1 is 1.19 bits per heavy atom. The Kier molecular flexibility index (Phi) is 4.05. The van der Waals surface area contributed by atoms with Gasteiger partial charge in [-0.3, -0.25) is 24.4 Å². The summed E-state index contributed by atoms with van der Waals surface area (Å²) in [6.07, 6.45) is 8.84. The first kappa shape index (κ1) is 14.3.